The third-order valence-electron chi connectivity index (χ3n) is 4.62. The van der Waals surface area contributed by atoms with Crippen molar-refractivity contribution in [3.63, 3.8) is 0 Å². The first-order valence-electron chi connectivity index (χ1n) is 8.33. The number of furan rings is 1. The van der Waals surface area contributed by atoms with Crippen LogP contribution in [0.15, 0.2) is 77.4 Å². The third kappa shape index (κ3) is 2.73. The number of hydrogen-bond donors (Lipinski definition) is 0. The molecular formula is C21H19NO2. The highest BCUT2D eigenvalue weighted by molar-refractivity contribution is 5.95. The van der Waals surface area contributed by atoms with E-state index in [0.717, 1.165) is 41.8 Å². The molecule has 3 heteroatoms. The number of carbonyl (C=O) groups is 1. The average Bonchev–Trinajstić information content (AvgIpc) is 3.33. The maximum Gasteiger partial charge on any atom is 0.254 e. The Morgan fingerprint density at radius 3 is 2.38 bits per heavy atom. The van der Waals surface area contributed by atoms with Gasteiger partial charge in [0.15, 0.2) is 0 Å². The summed E-state index contributed by atoms with van der Waals surface area (Å²) in [6.07, 6.45) is 3.64. The monoisotopic (exact) mass is 317 g/mol. The van der Waals surface area contributed by atoms with Crippen LogP contribution >= 0.6 is 0 Å². The zero-order valence-electron chi connectivity index (χ0n) is 13.4. The Balaban J connectivity index is 1.56. The highest BCUT2D eigenvalue weighted by Crippen LogP contribution is 2.33. The molecule has 2 aromatic carbocycles. The van der Waals surface area contributed by atoms with E-state index in [1.165, 1.54) is 0 Å². The minimum absolute atomic E-state index is 0.0568. The van der Waals surface area contributed by atoms with Crippen LogP contribution in [0.25, 0.3) is 11.1 Å². The maximum absolute atomic E-state index is 12.9. The SMILES string of the molecule is O=C(c1ccc(-c2ccccc2)cc1)N1CCCC1c1ccco1. The Hall–Kier alpha value is -2.81. The van der Waals surface area contributed by atoms with Crippen molar-refractivity contribution in [1.29, 1.82) is 0 Å². The van der Waals surface area contributed by atoms with Gasteiger partial charge in [-0.2, -0.15) is 0 Å². The highest BCUT2D eigenvalue weighted by atomic mass is 16.3. The van der Waals surface area contributed by atoms with Crippen molar-refractivity contribution in [2.45, 2.75) is 18.9 Å². The van der Waals surface area contributed by atoms with Crippen LogP contribution in [0, 0.1) is 0 Å². The van der Waals surface area contributed by atoms with Crippen molar-refractivity contribution in [3.05, 3.63) is 84.3 Å². The summed E-state index contributed by atoms with van der Waals surface area (Å²) in [5.74, 6) is 0.954. The Morgan fingerprint density at radius 2 is 1.67 bits per heavy atom. The molecule has 2 heterocycles. The lowest BCUT2D eigenvalue weighted by atomic mass is 10.0. The van der Waals surface area contributed by atoms with Gasteiger partial charge in [-0.25, -0.2) is 0 Å². The molecule has 3 nitrogen and oxygen atoms in total. The normalized spacial score (nSPS) is 17.2. The molecule has 0 N–H and O–H groups in total. The summed E-state index contributed by atoms with van der Waals surface area (Å²) in [5.41, 5.74) is 3.01. The van der Waals surface area contributed by atoms with Crippen molar-refractivity contribution < 1.29 is 9.21 Å². The Labute approximate surface area is 141 Å². The molecule has 1 aromatic heterocycles. The summed E-state index contributed by atoms with van der Waals surface area (Å²) in [4.78, 5) is 14.8. The zero-order chi connectivity index (χ0) is 16.4. The Bertz CT molecular complexity index is 807. The van der Waals surface area contributed by atoms with Crippen molar-refractivity contribution in [1.82, 2.24) is 4.90 Å². The number of carbonyl (C=O) groups excluding carboxylic acids is 1. The molecule has 120 valence electrons. The molecule has 1 aliphatic heterocycles. The van der Waals surface area contributed by atoms with Gasteiger partial charge in [0.1, 0.15) is 5.76 Å². The van der Waals surface area contributed by atoms with Gasteiger partial charge in [-0.1, -0.05) is 42.5 Å². The number of likely N-dealkylation sites (tertiary alicyclic amines) is 1. The Morgan fingerprint density at radius 1 is 0.917 bits per heavy atom. The molecular weight excluding hydrogens is 298 g/mol. The highest BCUT2D eigenvalue weighted by Gasteiger charge is 2.32. The van der Waals surface area contributed by atoms with Gasteiger partial charge in [-0.3, -0.25) is 4.79 Å². The lowest BCUT2D eigenvalue weighted by molar-refractivity contribution is 0.0720. The summed E-state index contributed by atoms with van der Waals surface area (Å²) in [7, 11) is 0. The van der Waals surface area contributed by atoms with Gasteiger partial charge in [0.05, 0.1) is 12.3 Å². The Kier molecular flexibility index (Phi) is 3.91. The molecule has 1 atom stereocenters. The van der Waals surface area contributed by atoms with Crippen LogP contribution in [-0.4, -0.2) is 17.4 Å². The second-order valence-corrected chi connectivity index (χ2v) is 6.12. The predicted octanol–water partition coefficient (Wildman–Crippen LogP) is 4.92. The van der Waals surface area contributed by atoms with E-state index in [2.05, 4.69) is 12.1 Å². The van der Waals surface area contributed by atoms with Gasteiger partial charge in [0, 0.05) is 12.1 Å². The molecule has 0 aliphatic carbocycles. The largest absolute Gasteiger partial charge is 0.467 e. The van der Waals surface area contributed by atoms with Crippen molar-refractivity contribution in [2.75, 3.05) is 6.54 Å². The number of rotatable bonds is 3. The van der Waals surface area contributed by atoms with Gasteiger partial charge in [-0.15, -0.1) is 0 Å². The molecule has 1 unspecified atom stereocenters. The van der Waals surface area contributed by atoms with E-state index in [0.29, 0.717) is 0 Å². The van der Waals surface area contributed by atoms with E-state index in [1.54, 1.807) is 6.26 Å². The minimum Gasteiger partial charge on any atom is -0.467 e. The van der Waals surface area contributed by atoms with Crippen molar-refractivity contribution in [2.24, 2.45) is 0 Å². The molecule has 0 radical (unpaired) electrons. The van der Waals surface area contributed by atoms with Crippen molar-refractivity contribution >= 4 is 5.91 Å². The van der Waals surface area contributed by atoms with Crippen LogP contribution in [0.3, 0.4) is 0 Å². The van der Waals surface area contributed by atoms with Gasteiger partial charge in [0.25, 0.3) is 5.91 Å². The van der Waals surface area contributed by atoms with Crippen LogP contribution < -0.4 is 0 Å². The second-order valence-electron chi connectivity index (χ2n) is 6.12. The molecule has 0 saturated carbocycles. The molecule has 1 amide bonds. The molecule has 1 fully saturated rings. The average molecular weight is 317 g/mol. The van der Waals surface area contributed by atoms with E-state index in [4.69, 9.17) is 4.42 Å². The quantitative estimate of drug-likeness (QED) is 0.686. The van der Waals surface area contributed by atoms with Gasteiger partial charge < -0.3 is 9.32 Å². The standard InChI is InChI=1S/C21H19NO2/c23-21(22-14-4-8-19(22)20-9-5-15-24-20)18-12-10-17(11-13-18)16-6-2-1-3-7-16/h1-3,5-7,9-13,15,19H,4,8,14H2. The maximum atomic E-state index is 12.9. The van der Waals surface area contributed by atoms with Gasteiger partial charge in [0.2, 0.25) is 0 Å². The lowest BCUT2D eigenvalue weighted by Crippen LogP contribution is -2.30. The number of nitrogens with zero attached hydrogens (tertiary/aromatic N) is 1. The topological polar surface area (TPSA) is 33.5 Å². The van der Waals surface area contributed by atoms with Crippen LogP contribution in [0.5, 0.6) is 0 Å². The minimum atomic E-state index is 0.0568. The fourth-order valence-corrected chi connectivity index (χ4v) is 3.39. The molecule has 3 aromatic rings. The summed E-state index contributed by atoms with van der Waals surface area (Å²) < 4.78 is 5.52. The first-order chi connectivity index (χ1) is 11.8. The number of benzene rings is 2. The molecule has 24 heavy (non-hydrogen) atoms. The smallest absolute Gasteiger partial charge is 0.254 e. The van der Waals surface area contributed by atoms with Gasteiger partial charge in [-0.05, 0) is 48.2 Å². The van der Waals surface area contributed by atoms with E-state index in [9.17, 15) is 4.79 Å². The molecule has 1 aliphatic rings. The van der Waals surface area contributed by atoms with E-state index in [1.807, 2.05) is 59.5 Å². The zero-order valence-corrected chi connectivity index (χ0v) is 13.4. The van der Waals surface area contributed by atoms with Crippen LogP contribution in [0.1, 0.15) is 35.0 Å². The van der Waals surface area contributed by atoms with Gasteiger partial charge >= 0.3 is 0 Å². The number of amides is 1. The summed E-state index contributed by atoms with van der Waals surface area (Å²) in [6.45, 7) is 0.782. The van der Waals surface area contributed by atoms with E-state index in [-0.39, 0.29) is 11.9 Å². The van der Waals surface area contributed by atoms with E-state index >= 15 is 0 Å². The number of hydrogen-bond acceptors (Lipinski definition) is 2. The van der Waals surface area contributed by atoms with E-state index < -0.39 is 0 Å². The second kappa shape index (κ2) is 6.36. The van der Waals surface area contributed by atoms with Crippen LogP contribution in [-0.2, 0) is 0 Å². The summed E-state index contributed by atoms with van der Waals surface area (Å²) in [5, 5.41) is 0. The molecule has 0 spiro atoms. The molecule has 1 saturated heterocycles. The lowest BCUT2D eigenvalue weighted by Gasteiger charge is -2.23. The van der Waals surface area contributed by atoms with Crippen LogP contribution in [0.4, 0.5) is 0 Å². The first-order valence-corrected chi connectivity index (χ1v) is 8.33. The fraction of sp³-hybridized carbons (Fsp3) is 0.190. The molecule has 0 bridgehead atoms. The fourth-order valence-electron chi connectivity index (χ4n) is 3.39. The summed E-state index contributed by atoms with van der Waals surface area (Å²) >= 11 is 0. The molecule has 4 rings (SSSR count). The summed E-state index contributed by atoms with van der Waals surface area (Å²) in [6, 6.07) is 21.9. The first kappa shape index (κ1) is 14.8. The third-order valence-corrected chi connectivity index (χ3v) is 4.62. The van der Waals surface area contributed by atoms with Crippen LogP contribution in [0.2, 0.25) is 0 Å². The van der Waals surface area contributed by atoms with Crippen molar-refractivity contribution in [3.8, 4) is 11.1 Å². The predicted molar refractivity (Wildman–Crippen MR) is 93.6 cm³/mol.